The lowest BCUT2D eigenvalue weighted by molar-refractivity contribution is -0.192. The number of hydrogen-bond donors (Lipinski definition) is 2. The summed E-state index contributed by atoms with van der Waals surface area (Å²) in [5.74, 6) is -1.74. The molecule has 3 atom stereocenters. The molecule has 1 aromatic rings. The summed E-state index contributed by atoms with van der Waals surface area (Å²) >= 11 is 1.79. The summed E-state index contributed by atoms with van der Waals surface area (Å²) in [6.45, 7) is 4.26. The first-order valence-corrected chi connectivity index (χ1v) is 11.3. The second-order valence-corrected chi connectivity index (χ2v) is 9.69. The van der Waals surface area contributed by atoms with Crippen molar-refractivity contribution < 1.29 is 36.2 Å². The van der Waals surface area contributed by atoms with E-state index in [1.54, 1.807) is 11.3 Å². The average molecular weight is 444 g/mol. The van der Waals surface area contributed by atoms with Crippen molar-refractivity contribution in [2.75, 3.05) is 32.5 Å². The number of carboxylic acid groups (broad SMARTS) is 1. The predicted octanol–water partition coefficient (Wildman–Crippen LogP) is 1.77. The van der Waals surface area contributed by atoms with Gasteiger partial charge in [-0.1, -0.05) is 6.07 Å². The molecule has 0 saturated carbocycles. The molecular formula is C16H23F3N2O5S2. The number of rotatable bonds is 5. The zero-order chi connectivity index (χ0) is 20.9. The normalized spacial score (nSPS) is 25.6. The predicted molar refractivity (Wildman–Crippen MR) is 97.5 cm³/mol. The van der Waals surface area contributed by atoms with Crippen LogP contribution >= 0.6 is 11.3 Å². The van der Waals surface area contributed by atoms with Crippen LogP contribution in [0, 0.1) is 11.8 Å². The topological polar surface area (TPSA) is 95.9 Å². The number of nitrogens with one attached hydrogen (secondary N) is 1. The summed E-state index contributed by atoms with van der Waals surface area (Å²) in [6.07, 6.45) is -2.73. The minimum absolute atomic E-state index is 0.0101. The molecule has 0 spiro atoms. The van der Waals surface area contributed by atoms with E-state index >= 15 is 0 Å². The fraction of sp³-hybridized carbons (Fsp3) is 0.688. The minimum Gasteiger partial charge on any atom is -0.475 e. The van der Waals surface area contributed by atoms with Crippen molar-refractivity contribution in [1.82, 2.24) is 9.62 Å². The number of alkyl halides is 3. The van der Waals surface area contributed by atoms with Gasteiger partial charge in [0.25, 0.3) is 0 Å². The van der Waals surface area contributed by atoms with E-state index in [-0.39, 0.29) is 6.10 Å². The molecule has 2 saturated heterocycles. The van der Waals surface area contributed by atoms with Crippen molar-refractivity contribution in [2.24, 2.45) is 11.8 Å². The number of thiophene rings is 1. The van der Waals surface area contributed by atoms with E-state index in [1.165, 1.54) is 11.1 Å². The monoisotopic (exact) mass is 444 g/mol. The molecule has 7 nitrogen and oxygen atoms in total. The van der Waals surface area contributed by atoms with Crippen LogP contribution in [0.2, 0.25) is 0 Å². The van der Waals surface area contributed by atoms with Gasteiger partial charge in [0.15, 0.2) is 0 Å². The first-order valence-electron chi connectivity index (χ1n) is 8.57. The molecule has 1 aromatic heterocycles. The van der Waals surface area contributed by atoms with Gasteiger partial charge in [-0.25, -0.2) is 17.9 Å². The Morgan fingerprint density at radius 2 is 2.14 bits per heavy atom. The van der Waals surface area contributed by atoms with Crippen LogP contribution in [0.5, 0.6) is 0 Å². The summed E-state index contributed by atoms with van der Waals surface area (Å²) in [7, 11) is -3.15. The highest BCUT2D eigenvalue weighted by Crippen LogP contribution is 2.34. The Hall–Kier alpha value is -1.21. The fourth-order valence-corrected chi connectivity index (χ4v) is 4.52. The van der Waals surface area contributed by atoms with Gasteiger partial charge in [0.2, 0.25) is 10.0 Å². The first-order chi connectivity index (χ1) is 13.0. The quantitative estimate of drug-likeness (QED) is 0.719. The molecule has 3 heterocycles. The van der Waals surface area contributed by atoms with E-state index in [2.05, 4.69) is 27.1 Å². The molecule has 28 heavy (non-hydrogen) atoms. The number of fused-ring (bicyclic) bond motifs is 1. The Kier molecular flexibility index (Phi) is 7.85. The van der Waals surface area contributed by atoms with E-state index in [4.69, 9.17) is 14.6 Å². The third kappa shape index (κ3) is 7.32. The van der Waals surface area contributed by atoms with E-state index in [1.807, 2.05) is 0 Å². The maximum atomic E-state index is 11.2. The van der Waals surface area contributed by atoms with Gasteiger partial charge in [-0.15, -0.1) is 11.3 Å². The van der Waals surface area contributed by atoms with Crippen LogP contribution in [-0.2, 0) is 26.1 Å². The largest absolute Gasteiger partial charge is 0.490 e. The van der Waals surface area contributed by atoms with Crippen LogP contribution in [0.15, 0.2) is 17.5 Å². The SMILES string of the molecule is CS(=O)(=O)NC[C@H]1OC[C@@H]2CCN(Cc3cccs3)C[C@@H]21.O=C(O)C(F)(F)F. The van der Waals surface area contributed by atoms with Gasteiger partial charge in [-0.2, -0.15) is 13.2 Å². The van der Waals surface area contributed by atoms with Crippen molar-refractivity contribution in [3.8, 4) is 0 Å². The van der Waals surface area contributed by atoms with Gasteiger partial charge in [0.05, 0.1) is 19.0 Å². The fourth-order valence-electron chi connectivity index (χ4n) is 3.31. The van der Waals surface area contributed by atoms with Crippen molar-refractivity contribution in [2.45, 2.75) is 25.2 Å². The Labute approximate surface area is 165 Å². The van der Waals surface area contributed by atoms with Crippen LogP contribution < -0.4 is 4.72 Å². The lowest BCUT2D eigenvalue weighted by Gasteiger charge is -2.35. The number of piperidine rings is 1. The number of sulfonamides is 1. The number of halogens is 3. The third-order valence-corrected chi connectivity index (χ3v) is 6.19. The molecular weight excluding hydrogens is 421 g/mol. The molecule has 0 amide bonds. The van der Waals surface area contributed by atoms with Gasteiger partial charge in [-0.05, 0) is 30.3 Å². The van der Waals surface area contributed by atoms with Gasteiger partial charge in [0, 0.05) is 30.4 Å². The Bertz CT molecular complexity index is 740. The van der Waals surface area contributed by atoms with Crippen LogP contribution in [-0.4, -0.2) is 69.2 Å². The van der Waals surface area contributed by atoms with E-state index in [0.717, 1.165) is 32.7 Å². The molecule has 0 unspecified atom stereocenters. The zero-order valence-electron chi connectivity index (χ0n) is 15.2. The first kappa shape index (κ1) is 23.1. The van der Waals surface area contributed by atoms with Gasteiger partial charge in [0.1, 0.15) is 0 Å². The van der Waals surface area contributed by atoms with Gasteiger partial charge < -0.3 is 9.84 Å². The minimum atomic E-state index is -5.08. The number of carboxylic acids is 1. The summed E-state index contributed by atoms with van der Waals surface area (Å²) < 4.78 is 62.6. The van der Waals surface area contributed by atoms with Crippen LogP contribution in [0.4, 0.5) is 13.2 Å². The van der Waals surface area contributed by atoms with Crippen molar-refractivity contribution >= 4 is 27.3 Å². The number of hydrogen-bond acceptors (Lipinski definition) is 6. The number of nitrogens with zero attached hydrogens (tertiary/aromatic N) is 1. The van der Waals surface area contributed by atoms with Crippen LogP contribution in [0.1, 0.15) is 11.3 Å². The standard InChI is InChI=1S/C14H22N2O3S2.C2HF3O2/c1-21(17,18)15-7-14-13-9-16(5-4-11(13)10-19-14)8-12-3-2-6-20-12;3-2(4,5)1(6)7/h2-3,6,11,13-15H,4-5,7-10H2,1H3;(H,6,7)/t11-,13-,14+;/m0./s1. The van der Waals surface area contributed by atoms with E-state index < -0.39 is 22.2 Å². The molecule has 0 radical (unpaired) electrons. The number of ether oxygens (including phenoxy) is 1. The van der Waals surface area contributed by atoms with Crippen LogP contribution in [0.3, 0.4) is 0 Å². The van der Waals surface area contributed by atoms with Crippen molar-refractivity contribution in [1.29, 1.82) is 0 Å². The smallest absolute Gasteiger partial charge is 0.475 e. The van der Waals surface area contributed by atoms with E-state index in [0.29, 0.717) is 18.4 Å². The highest BCUT2D eigenvalue weighted by molar-refractivity contribution is 7.88. The number of likely N-dealkylation sites (tertiary alicyclic amines) is 1. The van der Waals surface area contributed by atoms with E-state index in [9.17, 15) is 21.6 Å². The Morgan fingerprint density at radius 3 is 2.68 bits per heavy atom. The molecule has 2 aliphatic heterocycles. The lowest BCUT2D eigenvalue weighted by Crippen LogP contribution is -2.44. The molecule has 0 aliphatic carbocycles. The van der Waals surface area contributed by atoms with Crippen molar-refractivity contribution in [3.05, 3.63) is 22.4 Å². The molecule has 3 rings (SSSR count). The van der Waals surface area contributed by atoms with Gasteiger partial charge in [-0.3, -0.25) is 4.90 Å². The second kappa shape index (κ2) is 9.53. The summed E-state index contributed by atoms with van der Waals surface area (Å²) in [6, 6.07) is 4.26. The molecule has 2 N–H and O–H groups in total. The number of carbonyl (C=O) groups is 1. The number of aliphatic carboxylic acids is 1. The summed E-state index contributed by atoms with van der Waals surface area (Å²) in [4.78, 5) is 12.8. The maximum absolute atomic E-state index is 11.2. The highest BCUT2D eigenvalue weighted by Gasteiger charge is 2.41. The highest BCUT2D eigenvalue weighted by atomic mass is 32.2. The lowest BCUT2D eigenvalue weighted by atomic mass is 9.84. The molecule has 0 aromatic carbocycles. The maximum Gasteiger partial charge on any atom is 0.490 e. The molecule has 2 aliphatic rings. The summed E-state index contributed by atoms with van der Waals surface area (Å²) in [5, 5.41) is 9.24. The zero-order valence-corrected chi connectivity index (χ0v) is 16.8. The second-order valence-electron chi connectivity index (χ2n) is 6.82. The summed E-state index contributed by atoms with van der Waals surface area (Å²) in [5.41, 5.74) is 0. The third-order valence-electron chi connectivity index (χ3n) is 4.64. The molecule has 2 fully saturated rings. The molecule has 0 bridgehead atoms. The molecule has 160 valence electrons. The molecule has 12 heteroatoms. The average Bonchev–Trinajstić information content (AvgIpc) is 3.21. The van der Waals surface area contributed by atoms with Crippen molar-refractivity contribution in [3.63, 3.8) is 0 Å². The van der Waals surface area contributed by atoms with Gasteiger partial charge >= 0.3 is 12.1 Å². The Morgan fingerprint density at radius 1 is 1.46 bits per heavy atom. The van der Waals surface area contributed by atoms with Crippen LogP contribution in [0.25, 0.3) is 0 Å². The Balaban J connectivity index is 0.000000345.